The molecule has 1 aliphatic heterocycles. The number of aryl methyl sites for hydroxylation is 1. The molecule has 1 aromatic rings. The van der Waals surface area contributed by atoms with E-state index in [0.717, 1.165) is 11.1 Å². The van der Waals surface area contributed by atoms with Crippen molar-refractivity contribution in [2.75, 3.05) is 25.9 Å². The minimum atomic E-state index is -3.63. The van der Waals surface area contributed by atoms with Crippen LogP contribution in [0.2, 0.25) is 0 Å². The molecule has 2 N–H and O–H groups in total. The van der Waals surface area contributed by atoms with Crippen molar-refractivity contribution < 1.29 is 17.9 Å². The van der Waals surface area contributed by atoms with E-state index in [2.05, 4.69) is 4.74 Å². The molecule has 6 nitrogen and oxygen atoms in total. The zero-order valence-electron chi connectivity index (χ0n) is 12.4. The molecule has 21 heavy (non-hydrogen) atoms. The summed E-state index contributed by atoms with van der Waals surface area (Å²) >= 11 is 0. The van der Waals surface area contributed by atoms with Crippen LogP contribution in [-0.2, 0) is 19.6 Å². The van der Waals surface area contributed by atoms with Gasteiger partial charge < -0.3 is 10.5 Å². The van der Waals surface area contributed by atoms with Gasteiger partial charge in [-0.3, -0.25) is 4.79 Å². The number of nitrogens with zero attached hydrogens (tertiary/aromatic N) is 1. The Kier molecular flexibility index (Phi) is 4.25. The average Bonchev–Trinajstić information content (AvgIpc) is 2.93. The van der Waals surface area contributed by atoms with Gasteiger partial charge in [0, 0.05) is 18.8 Å². The number of benzene rings is 1. The second-order valence-electron chi connectivity index (χ2n) is 5.33. The van der Waals surface area contributed by atoms with E-state index in [9.17, 15) is 13.2 Å². The number of hydrogen-bond donors (Lipinski definition) is 1. The highest BCUT2D eigenvalue weighted by Gasteiger charge is 2.36. The Morgan fingerprint density at radius 3 is 2.62 bits per heavy atom. The number of rotatable bonds is 3. The first-order valence-corrected chi connectivity index (χ1v) is 8.16. The monoisotopic (exact) mass is 312 g/mol. The molecule has 1 aromatic carbocycles. The lowest BCUT2D eigenvalue weighted by Crippen LogP contribution is -2.30. The maximum Gasteiger partial charge on any atom is 0.310 e. The zero-order chi connectivity index (χ0) is 15.8. The molecule has 1 unspecified atom stereocenters. The highest BCUT2D eigenvalue weighted by atomic mass is 32.2. The van der Waals surface area contributed by atoms with Crippen molar-refractivity contribution in [3.05, 3.63) is 23.3 Å². The predicted molar refractivity (Wildman–Crippen MR) is 79.2 cm³/mol. The van der Waals surface area contributed by atoms with E-state index in [0.29, 0.717) is 18.7 Å². The van der Waals surface area contributed by atoms with Crippen LogP contribution in [-0.4, -0.2) is 38.9 Å². The number of hydrogen-bond acceptors (Lipinski definition) is 5. The molecule has 0 saturated carbocycles. The predicted octanol–water partition coefficient (Wildman–Crippen LogP) is 1.07. The summed E-state index contributed by atoms with van der Waals surface area (Å²) in [7, 11) is -2.32. The van der Waals surface area contributed by atoms with Gasteiger partial charge in [-0.1, -0.05) is 0 Å². The van der Waals surface area contributed by atoms with Gasteiger partial charge in [-0.25, -0.2) is 8.42 Å². The number of methoxy groups -OCH3 is 1. The lowest BCUT2D eigenvalue weighted by Gasteiger charge is -2.17. The molecule has 0 aromatic heterocycles. The van der Waals surface area contributed by atoms with Crippen molar-refractivity contribution in [3.8, 4) is 0 Å². The molecule has 0 spiro atoms. The Bertz CT molecular complexity index is 647. The fraction of sp³-hybridized carbons (Fsp3) is 0.500. The summed E-state index contributed by atoms with van der Waals surface area (Å²) in [5.41, 5.74) is 8.02. The van der Waals surface area contributed by atoms with Gasteiger partial charge in [-0.2, -0.15) is 4.31 Å². The summed E-state index contributed by atoms with van der Waals surface area (Å²) in [6.45, 7) is 4.15. The normalized spacial score (nSPS) is 19.7. The Hall–Kier alpha value is -1.60. The van der Waals surface area contributed by atoms with Crippen LogP contribution in [0.3, 0.4) is 0 Å². The largest absolute Gasteiger partial charge is 0.469 e. The summed E-state index contributed by atoms with van der Waals surface area (Å²) in [4.78, 5) is 11.7. The third-order valence-corrected chi connectivity index (χ3v) is 5.85. The average molecular weight is 312 g/mol. The number of nitrogen functional groups attached to an aromatic ring is 1. The van der Waals surface area contributed by atoms with E-state index >= 15 is 0 Å². The quantitative estimate of drug-likeness (QED) is 0.666. The van der Waals surface area contributed by atoms with Gasteiger partial charge in [-0.05, 0) is 43.5 Å². The van der Waals surface area contributed by atoms with Gasteiger partial charge >= 0.3 is 5.97 Å². The minimum Gasteiger partial charge on any atom is -0.469 e. The van der Waals surface area contributed by atoms with Crippen molar-refractivity contribution in [2.45, 2.75) is 25.2 Å². The summed E-state index contributed by atoms with van der Waals surface area (Å²) in [6.07, 6.45) is 0.478. The molecule has 1 atom stereocenters. The zero-order valence-corrected chi connectivity index (χ0v) is 13.2. The van der Waals surface area contributed by atoms with Crippen LogP contribution < -0.4 is 5.73 Å². The van der Waals surface area contributed by atoms with Crippen molar-refractivity contribution in [2.24, 2.45) is 5.92 Å². The Balaban J connectivity index is 2.30. The van der Waals surface area contributed by atoms with Crippen LogP contribution >= 0.6 is 0 Å². The molecule has 116 valence electrons. The summed E-state index contributed by atoms with van der Waals surface area (Å²) in [6, 6.07) is 3.09. The standard InChI is InChI=1S/C14H20N2O4S/c1-9-6-12(7-13(15)10(9)2)21(18,19)16-5-4-11(8-16)14(17)20-3/h6-7,11H,4-5,8,15H2,1-3H3. The third kappa shape index (κ3) is 2.89. The smallest absolute Gasteiger partial charge is 0.310 e. The second-order valence-corrected chi connectivity index (χ2v) is 7.26. The molecule has 0 bridgehead atoms. The van der Waals surface area contributed by atoms with E-state index in [1.807, 2.05) is 13.8 Å². The summed E-state index contributed by atoms with van der Waals surface area (Å²) in [5, 5.41) is 0. The summed E-state index contributed by atoms with van der Waals surface area (Å²) < 4.78 is 31.2. The molecule has 0 amide bonds. The van der Waals surface area contributed by atoms with Crippen LogP contribution in [0.5, 0.6) is 0 Å². The van der Waals surface area contributed by atoms with E-state index in [1.165, 1.54) is 17.5 Å². The lowest BCUT2D eigenvalue weighted by molar-refractivity contribution is -0.144. The Morgan fingerprint density at radius 2 is 2.05 bits per heavy atom. The van der Waals surface area contributed by atoms with E-state index in [-0.39, 0.29) is 17.4 Å². The number of nitrogens with two attached hydrogens (primary N) is 1. The van der Waals surface area contributed by atoms with Gasteiger partial charge in [0.1, 0.15) is 0 Å². The van der Waals surface area contributed by atoms with E-state index in [4.69, 9.17) is 5.73 Å². The van der Waals surface area contributed by atoms with E-state index < -0.39 is 15.9 Å². The molecule has 1 fully saturated rings. The van der Waals surface area contributed by atoms with Crippen LogP contribution in [0, 0.1) is 19.8 Å². The van der Waals surface area contributed by atoms with E-state index in [1.54, 1.807) is 6.07 Å². The molecule has 1 saturated heterocycles. The maximum absolute atomic E-state index is 12.6. The molecule has 1 aliphatic rings. The highest BCUT2D eigenvalue weighted by Crippen LogP contribution is 2.28. The van der Waals surface area contributed by atoms with Crippen LogP contribution in [0.4, 0.5) is 5.69 Å². The van der Waals surface area contributed by atoms with Crippen LogP contribution in [0.25, 0.3) is 0 Å². The fourth-order valence-corrected chi connectivity index (χ4v) is 4.08. The van der Waals surface area contributed by atoms with Gasteiger partial charge in [0.05, 0.1) is 17.9 Å². The van der Waals surface area contributed by atoms with Crippen molar-refractivity contribution in [3.63, 3.8) is 0 Å². The maximum atomic E-state index is 12.6. The first kappa shape index (κ1) is 15.8. The Labute approximate surface area is 124 Å². The molecular formula is C14H20N2O4S. The summed E-state index contributed by atoms with van der Waals surface area (Å²) in [5.74, 6) is -0.763. The molecule has 7 heteroatoms. The van der Waals surface area contributed by atoms with Gasteiger partial charge in [0.25, 0.3) is 0 Å². The minimum absolute atomic E-state index is 0.155. The topological polar surface area (TPSA) is 89.7 Å². The lowest BCUT2D eigenvalue weighted by atomic mass is 10.1. The number of carbonyl (C=O) groups is 1. The molecule has 0 aliphatic carbocycles. The molecule has 0 radical (unpaired) electrons. The number of anilines is 1. The van der Waals surface area contributed by atoms with Crippen molar-refractivity contribution in [1.29, 1.82) is 0 Å². The van der Waals surface area contributed by atoms with Gasteiger partial charge in [0.2, 0.25) is 10.0 Å². The third-order valence-electron chi connectivity index (χ3n) is 4.00. The molecule has 2 rings (SSSR count). The van der Waals surface area contributed by atoms with Gasteiger partial charge in [-0.15, -0.1) is 0 Å². The fourth-order valence-electron chi connectivity index (χ4n) is 2.46. The highest BCUT2D eigenvalue weighted by molar-refractivity contribution is 7.89. The van der Waals surface area contributed by atoms with Crippen molar-refractivity contribution >= 4 is 21.7 Å². The van der Waals surface area contributed by atoms with Crippen LogP contribution in [0.1, 0.15) is 17.5 Å². The number of ether oxygens (including phenoxy) is 1. The molecule has 1 heterocycles. The number of carbonyl (C=O) groups excluding carboxylic acids is 1. The SMILES string of the molecule is COC(=O)C1CCN(S(=O)(=O)c2cc(C)c(C)c(N)c2)C1. The second kappa shape index (κ2) is 5.65. The first-order chi connectivity index (χ1) is 9.77. The molecular weight excluding hydrogens is 292 g/mol. The number of esters is 1. The Morgan fingerprint density at radius 1 is 1.38 bits per heavy atom. The van der Waals surface area contributed by atoms with Crippen molar-refractivity contribution in [1.82, 2.24) is 4.31 Å². The van der Waals surface area contributed by atoms with Crippen LogP contribution in [0.15, 0.2) is 17.0 Å². The first-order valence-electron chi connectivity index (χ1n) is 6.72. The van der Waals surface area contributed by atoms with Gasteiger partial charge in [0.15, 0.2) is 0 Å². The number of sulfonamides is 1.